The summed E-state index contributed by atoms with van der Waals surface area (Å²) in [4.78, 5) is 27.2. The summed E-state index contributed by atoms with van der Waals surface area (Å²) in [7, 11) is 7.96. The third kappa shape index (κ3) is 5.58. The number of hydrogen-bond donors (Lipinski definition) is 1. The van der Waals surface area contributed by atoms with Gasteiger partial charge in [0.2, 0.25) is 5.91 Å². The van der Waals surface area contributed by atoms with Gasteiger partial charge in [0, 0.05) is 81.9 Å². The van der Waals surface area contributed by atoms with Crippen molar-refractivity contribution in [3.63, 3.8) is 0 Å². The maximum Gasteiger partial charge on any atom is 0.340 e. The Labute approximate surface area is 231 Å². The van der Waals surface area contributed by atoms with Gasteiger partial charge in [-0.1, -0.05) is 44.4 Å². The number of nitrogens with zero attached hydrogens (tertiary/aromatic N) is 2. The second-order valence-electron chi connectivity index (χ2n) is 10.4. The highest BCUT2D eigenvalue weighted by atomic mass is 16.6. The average Bonchev–Trinajstić information content (AvgIpc) is 3.21. The molecule has 5 rings (SSSR count). The van der Waals surface area contributed by atoms with Crippen LogP contribution < -0.4 is 19.9 Å². The van der Waals surface area contributed by atoms with Crippen molar-refractivity contribution in [2.75, 3.05) is 44.5 Å². The van der Waals surface area contributed by atoms with Crippen LogP contribution in [0.3, 0.4) is 0 Å². The number of hydrogen-bond acceptors (Lipinski definition) is 6. The second kappa shape index (κ2) is 11.8. The molecule has 3 aromatic rings. The first-order valence-electron chi connectivity index (χ1n) is 13.6. The Morgan fingerprint density at radius 1 is 0.821 bits per heavy atom. The predicted molar refractivity (Wildman–Crippen MR) is 156 cm³/mol. The molecule has 1 amide bonds. The lowest BCUT2D eigenvalue weighted by molar-refractivity contribution is -0.118. The summed E-state index contributed by atoms with van der Waals surface area (Å²) in [5.41, 5.74) is 4.16. The maximum atomic E-state index is 12.8. The Hall–Kier alpha value is -4.00. The molecule has 0 unspecified atom stereocenters. The summed E-state index contributed by atoms with van der Waals surface area (Å²) in [6.45, 7) is 4.58. The molecule has 0 radical (unpaired) electrons. The molecule has 2 heterocycles. The van der Waals surface area contributed by atoms with Crippen LogP contribution in [0.5, 0.6) is 11.5 Å². The molecule has 0 saturated carbocycles. The minimum absolute atomic E-state index is 0.0801. The normalized spacial score (nSPS) is 13.6. The fraction of sp³-hybridized carbons (Fsp3) is 0.375. The number of carbonyl (C=O) groups is 2. The summed E-state index contributed by atoms with van der Waals surface area (Å²) in [6, 6.07) is 19.7. The van der Waals surface area contributed by atoms with Crippen LogP contribution in [0.1, 0.15) is 66.6 Å². The number of esters is 1. The molecule has 0 fully saturated rings. The van der Waals surface area contributed by atoms with E-state index in [2.05, 4.69) is 12.2 Å². The van der Waals surface area contributed by atoms with Gasteiger partial charge < -0.3 is 24.6 Å². The van der Waals surface area contributed by atoms with Gasteiger partial charge in [0.1, 0.15) is 11.5 Å². The summed E-state index contributed by atoms with van der Waals surface area (Å²) in [5.74, 6) is 1.16. The van der Waals surface area contributed by atoms with Gasteiger partial charge in [-0.15, -0.1) is 0 Å². The number of fused-ring (bicyclic) bond motifs is 6. The van der Waals surface area contributed by atoms with E-state index >= 15 is 0 Å². The Balaban J connectivity index is 0.000000303. The number of unbranched alkanes of at least 4 members (excludes halogenated alkanes) is 3. The number of rotatable bonds is 7. The number of ether oxygens (including phenoxy) is 2. The van der Waals surface area contributed by atoms with E-state index in [0.29, 0.717) is 17.1 Å². The van der Waals surface area contributed by atoms with Gasteiger partial charge in [0.25, 0.3) is 0 Å². The van der Waals surface area contributed by atoms with E-state index < -0.39 is 5.60 Å². The van der Waals surface area contributed by atoms with Gasteiger partial charge in [0.15, 0.2) is 5.60 Å². The van der Waals surface area contributed by atoms with E-state index in [0.717, 1.165) is 41.0 Å². The van der Waals surface area contributed by atoms with Crippen LogP contribution in [0, 0.1) is 0 Å². The monoisotopic (exact) mass is 529 g/mol. The third-order valence-electron chi connectivity index (χ3n) is 7.12. The summed E-state index contributed by atoms with van der Waals surface area (Å²) >= 11 is 0. The highest BCUT2D eigenvalue weighted by Crippen LogP contribution is 2.56. The Kier molecular flexibility index (Phi) is 8.48. The van der Waals surface area contributed by atoms with Crippen LogP contribution in [0.4, 0.5) is 11.4 Å². The van der Waals surface area contributed by atoms with Gasteiger partial charge >= 0.3 is 5.97 Å². The zero-order valence-corrected chi connectivity index (χ0v) is 23.8. The Bertz CT molecular complexity index is 1290. The van der Waals surface area contributed by atoms with Crippen LogP contribution in [0.25, 0.3) is 0 Å². The Morgan fingerprint density at radius 3 is 1.95 bits per heavy atom. The number of nitrogens with one attached hydrogen (secondary N) is 1. The van der Waals surface area contributed by atoms with Crippen molar-refractivity contribution in [2.45, 2.75) is 45.1 Å². The number of amides is 1. The lowest BCUT2D eigenvalue weighted by Crippen LogP contribution is -2.33. The van der Waals surface area contributed by atoms with Crippen molar-refractivity contribution in [1.82, 2.24) is 5.32 Å². The molecular formula is C32H39N3O4. The first kappa shape index (κ1) is 28.0. The lowest BCUT2D eigenvalue weighted by Gasteiger charge is -2.37. The molecule has 7 nitrogen and oxygen atoms in total. The first-order chi connectivity index (χ1) is 18.7. The molecule has 1 N–H and O–H groups in total. The molecule has 3 aromatic carbocycles. The third-order valence-corrected chi connectivity index (χ3v) is 7.12. The van der Waals surface area contributed by atoms with Crippen molar-refractivity contribution < 1.29 is 19.1 Å². The molecule has 1 spiro atoms. The molecule has 0 aromatic heterocycles. The van der Waals surface area contributed by atoms with Crippen LogP contribution in [-0.4, -0.2) is 46.6 Å². The minimum Gasteiger partial charge on any atom is -0.456 e. The van der Waals surface area contributed by atoms with Crippen molar-refractivity contribution >= 4 is 23.3 Å². The lowest BCUT2D eigenvalue weighted by atomic mass is 9.77. The molecule has 206 valence electrons. The van der Waals surface area contributed by atoms with E-state index in [-0.39, 0.29) is 11.9 Å². The SMILES string of the molecule is CCCCCCNC(C)=O.CN(C)c1ccc2c(c1)Oc1cc(N(C)C)ccc1C21OC(=O)c2ccccc21. The molecule has 7 heteroatoms. The van der Waals surface area contributed by atoms with E-state index in [4.69, 9.17) is 9.47 Å². The van der Waals surface area contributed by atoms with Gasteiger partial charge in [-0.25, -0.2) is 4.79 Å². The molecule has 0 atom stereocenters. The second-order valence-corrected chi connectivity index (χ2v) is 10.4. The van der Waals surface area contributed by atoms with Crippen LogP contribution in [0.2, 0.25) is 0 Å². The van der Waals surface area contributed by atoms with Crippen LogP contribution in [-0.2, 0) is 15.1 Å². The highest BCUT2D eigenvalue weighted by molar-refractivity contribution is 5.97. The fourth-order valence-electron chi connectivity index (χ4n) is 5.03. The predicted octanol–water partition coefficient (Wildman–Crippen LogP) is 6.09. The zero-order valence-electron chi connectivity index (χ0n) is 23.8. The maximum absolute atomic E-state index is 12.8. The molecule has 0 aliphatic carbocycles. The summed E-state index contributed by atoms with van der Waals surface area (Å²) in [6.07, 6.45) is 4.88. The highest BCUT2D eigenvalue weighted by Gasteiger charge is 2.53. The molecule has 0 bridgehead atoms. The topological polar surface area (TPSA) is 71.1 Å². The standard InChI is InChI=1S/C24H22N2O3.C8H17NO/c1-25(2)15-9-11-19-21(13-15)28-22-14-16(26(3)4)10-12-20(22)24(19)18-8-6-5-7-17(18)23(27)29-24;1-3-4-5-6-7-9-8(2)10/h5-14H,1-4H3;3-7H2,1-2H3,(H,9,10). The smallest absolute Gasteiger partial charge is 0.340 e. The van der Waals surface area contributed by atoms with Gasteiger partial charge in [-0.2, -0.15) is 0 Å². The van der Waals surface area contributed by atoms with Gasteiger partial charge in [-0.3, -0.25) is 4.79 Å². The van der Waals surface area contributed by atoms with E-state index in [1.54, 1.807) is 6.92 Å². The number of benzene rings is 3. The largest absolute Gasteiger partial charge is 0.456 e. The fourth-order valence-corrected chi connectivity index (χ4v) is 5.03. The number of anilines is 2. The molecule has 39 heavy (non-hydrogen) atoms. The van der Waals surface area contributed by atoms with Crippen molar-refractivity contribution in [3.05, 3.63) is 82.9 Å². The first-order valence-corrected chi connectivity index (χ1v) is 13.6. The van der Waals surface area contributed by atoms with Crippen LogP contribution >= 0.6 is 0 Å². The van der Waals surface area contributed by atoms with Gasteiger partial charge in [0.05, 0.1) is 5.56 Å². The molecule has 0 saturated heterocycles. The average molecular weight is 530 g/mol. The zero-order chi connectivity index (χ0) is 28.2. The van der Waals surface area contributed by atoms with Crippen LogP contribution in [0.15, 0.2) is 60.7 Å². The summed E-state index contributed by atoms with van der Waals surface area (Å²) in [5, 5.41) is 2.77. The van der Waals surface area contributed by atoms with Crippen molar-refractivity contribution in [3.8, 4) is 11.5 Å². The van der Waals surface area contributed by atoms with E-state index in [1.807, 2.05) is 98.7 Å². The Morgan fingerprint density at radius 2 is 1.41 bits per heavy atom. The van der Waals surface area contributed by atoms with Gasteiger partial charge in [-0.05, 0) is 36.8 Å². The minimum atomic E-state index is -1.01. The van der Waals surface area contributed by atoms with E-state index in [9.17, 15) is 9.59 Å². The van der Waals surface area contributed by atoms with E-state index in [1.165, 1.54) is 19.3 Å². The quantitative estimate of drug-likeness (QED) is 0.295. The summed E-state index contributed by atoms with van der Waals surface area (Å²) < 4.78 is 12.5. The molecule has 2 aliphatic heterocycles. The van der Waals surface area contributed by atoms with Crippen molar-refractivity contribution in [1.29, 1.82) is 0 Å². The van der Waals surface area contributed by atoms with Crippen molar-refractivity contribution in [2.24, 2.45) is 0 Å². The number of carbonyl (C=O) groups excluding carboxylic acids is 2. The molecule has 2 aliphatic rings. The molecular weight excluding hydrogens is 490 g/mol.